The average Bonchev–Trinajstić information content (AvgIpc) is 4.02. The third-order valence-electron chi connectivity index (χ3n) is 15.1. The van der Waals surface area contributed by atoms with Crippen molar-refractivity contribution in [2.75, 3.05) is 0 Å². The Morgan fingerprint density at radius 1 is 0.413 bits per heavy atom. The fourth-order valence-electron chi connectivity index (χ4n) is 11.2. The number of rotatable bonds is 7. The molecule has 0 spiro atoms. The zero-order chi connectivity index (χ0) is 52.0. The monoisotopic (exact) mass is 974 g/mol. The number of imidazole rings is 1. The van der Waals surface area contributed by atoms with Crippen LogP contribution in [0.2, 0.25) is 0 Å². The van der Waals surface area contributed by atoms with Gasteiger partial charge in [-0.15, -0.1) is 0 Å². The van der Waals surface area contributed by atoms with Crippen LogP contribution in [0.1, 0.15) is 79.0 Å². The van der Waals surface area contributed by atoms with Crippen LogP contribution in [-0.2, 0) is 16.2 Å². The minimum absolute atomic E-state index is 0.0184. The predicted octanol–water partition coefficient (Wildman–Crippen LogP) is 18.6. The average molecular weight is 975 g/mol. The van der Waals surface area contributed by atoms with Crippen molar-refractivity contribution in [3.8, 4) is 73.2 Å². The first kappa shape index (κ1) is 47.5. The molecule has 1 N–H and O–H groups in total. The number of para-hydroxylation sites is 4. The van der Waals surface area contributed by atoms with Gasteiger partial charge in [0.05, 0.1) is 33.3 Å². The highest BCUT2D eigenvalue weighted by Gasteiger charge is 2.27. The Hall–Kier alpha value is -8.54. The lowest BCUT2D eigenvalue weighted by atomic mass is 9.78. The molecule has 5 heteroatoms. The largest absolute Gasteiger partial charge is 0.507 e. The van der Waals surface area contributed by atoms with E-state index in [0.29, 0.717) is 11.4 Å². The number of pyridine rings is 1. The van der Waals surface area contributed by atoms with Crippen molar-refractivity contribution < 1.29 is 5.11 Å². The Balaban J connectivity index is 1.02. The molecule has 0 unspecified atom stereocenters. The summed E-state index contributed by atoms with van der Waals surface area (Å²) in [4.78, 5) is 10.6. The highest BCUT2D eigenvalue weighted by atomic mass is 16.3. The first-order chi connectivity index (χ1) is 36.0. The van der Waals surface area contributed by atoms with Crippen molar-refractivity contribution in [2.45, 2.75) is 78.6 Å². The van der Waals surface area contributed by atoms with Gasteiger partial charge in [-0.05, 0) is 139 Å². The molecule has 3 heterocycles. The number of benzene rings is 9. The Morgan fingerprint density at radius 3 is 1.80 bits per heavy atom. The van der Waals surface area contributed by atoms with Gasteiger partial charge in [-0.1, -0.05) is 190 Å². The van der Waals surface area contributed by atoms with E-state index in [1.54, 1.807) is 0 Å². The molecule has 0 aliphatic carbocycles. The van der Waals surface area contributed by atoms with E-state index in [1.807, 2.05) is 18.3 Å². The van der Waals surface area contributed by atoms with E-state index in [-0.39, 0.29) is 22.0 Å². The molecular weight excluding hydrogens is 913 g/mol. The number of hydrogen-bond donors (Lipinski definition) is 1. The zero-order valence-electron chi connectivity index (χ0n) is 44.4. The summed E-state index contributed by atoms with van der Waals surface area (Å²) in [6.07, 6.45) is 1.93. The highest BCUT2D eigenvalue weighted by Crippen LogP contribution is 2.46. The van der Waals surface area contributed by atoms with E-state index in [4.69, 9.17) is 9.97 Å². The number of hydrogen-bond acceptors (Lipinski definition) is 3. The Bertz CT molecular complexity index is 4180. The minimum atomic E-state index is -0.188. The fourth-order valence-corrected chi connectivity index (χ4v) is 11.2. The van der Waals surface area contributed by atoms with Crippen LogP contribution in [-0.4, -0.2) is 24.2 Å². The Kier molecular flexibility index (Phi) is 11.3. The summed E-state index contributed by atoms with van der Waals surface area (Å²) in [5.74, 6) is 0.845. The van der Waals surface area contributed by atoms with E-state index in [1.165, 1.54) is 49.3 Å². The molecule has 0 bridgehead atoms. The smallest absolute Gasteiger partial charge is 0.149 e. The summed E-state index contributed by atoms with van der Waals surface area (Å²) in [6, 6.07) is 71.6. The van der Waals surface area contributed by atoms with Crippen molar-refractivity contribution in [3.63, 3.8) is 0 Å². The molecule has 0 fully saturated rings. The lowest BCUT2D eigenvalue weighted by Crippen LogP contribution is -2.14. The number of phenolic OH excluding ortho intramolecular Hbond substituents is 1. The van der Waals surface area contributed by atoms with E-state index >= 15 is 0 Å². The molecule has 12 rings (SSSR count). The summed E-state index contributed by atoms with van der Waals surface area (Å²) in [5.41, 5.74) is 18.6. The van der Waals surface area contributed by atoms with Crippen LogP contribution in [0.25, 0.3) is 111 Å². The molecule has 0 amide bonds. The topological polar surface area (TPSA) is 55.9 Å². The van der Waals surface area contributed by atoms with Crippen LogP contribution in [0.4, 0.5) is 0 Å². The SMILES string of the molecule is CC(C)(C)c1ccc2c(-c3ccc(-c4nc5c(-c6cccc(-c7cc(-c8cccc9c%10ccccc%10n(-c%10ccccc%10)c89)ccn7)c6)cc(C(C)(C)C)cc5n4-c4ccccc4)c(O)c3)c(C(C)(C)C)ccc2c1. The van der Waals surface area contributed by atoms with Gasteiger partial charge in [0.25, 0.3) is 0 Å². The van der Waals surface area contributed by atoms with Crippen LogP contribution >= 0.6 is 0 Å². The van der Waals surface area contributed by atoms with Crippen LogP contribution < -0.4 is 0 Å². The molecule has 0 aliphatic heterocycles. The van der Waals surface area contributed by atoms with Gasteiger partial charge in [0.1, 0.15) is 11.6 Å². The van der Waals surface area contributed by atoms with Crippen molar-refractivity contribution >= 4 is 43.6 Å². The maximum absolute atomic E-state index is 12.5. The van der Waals surface area contributed by atoms with Crippen LogP contribution in [0, 0.1) is 0 Å². The maximum Gasteiger partial charge on any atom is 0.149 e. The number of fused-ring (bicyclic) bond motifs is 5. The lowest BCUT2D eigenvalue weighted by Gasteiger charge is -2.26. The number of nitrogens with zero attached hydrogens (tertiary/aromatic N) is 4. The molecular formula is C70H62N4O. The quantitative estimate of drug-likeness (QED) is 0.173. The van der Waals surface area contributed by atoms with Crippen LogP contribution in [0.15, 0.2) is 206 Å². The third kappa shape index (κ3) is 8.37. The summed E-state index contributed by atoms with van der Waals surface area (Å²) in [6.45, 7) is 20.4. The molecule has 0 saturated heterocycles. The minimum Gasteiger partial charge on any atom is -0.507 e. The molecule has 12 aromatic rings. The van der Waals surface area contributed by atoms with Gasteiger partial charge < -0.3 is 9.67 Å². The molecule has 3 aromatic heterocycles. The molecule has 0 saturated carbocycles. The maximum atomic E-state index is 12.5. The second-order valence-electron chi connectivity index (χ2n) is 23.3. The molecule has 9 aromatic carbocycles. The van der Waals surface area contributed by atoms with E-state index in [9.17, 15) is 5.11 Å². The fraction of sp³-hybridized carbons (Fsp3) is 0.171. The molecule has 368 valence electrons. The number of aromatic nitrogens is 4. The van der Waals surface area contributed by atoms with Crippen molar-refractivity contribution in [1.82, 2.24) is 19.1 Å². The zero-order valence-corrected chi connectivity index (χ0v) is 44.4. The van der Waals surface area contributed by atoms with Gasteiger partial charge >= 0.3 is 0 Å². The molecule has 0 atom stereocenters. The third-order valence-corrected chi connectivity index (χ3v) is 15.1. The lowest BCUT2D eigenvalue weighted by molar-refractivity contribution is 0.477. The summed E-state index contributed by atoms with van der Waals surface area (Å²) < 4.78 is 4.61. The predicted molar refractivity (Wildman–Crippen MR) is 316 cm³/mol. The van der Waals surface area contributed by atoms with Gasteiger partial charge in [-0.25, -0.2) is 4.98 Å². The standard InChI is InChI=1S/C70H62N4O/c1-68(2,3)49-32-34-53-45(39-49)31-35-59(70(7,8)9)64(53)48-30-33-57(63(75)41-48)67-72-65-58(42-50(69(4,5)6)43-62(65)74(67)52-24-14-11-15-25-52)44-20-18-21-47(38-44)60-40-46(36-37-71-60)54-27-19-28-56-55-26-16-17-29-61(55)73(66(54)56)51-22-12-10-13-23-51/h10-43,75H,1-9H3. The van der Waals surface area contributed by atoms with Gasteiger partial charge in [0.15, 0.2) is 0 Å². The highest BCUT2D eigenvalue weighted by molar-refractivity contribution is 6.14. The van der Waals surface area contributed by atoms with Crippen LogP contribution in [0.5, 0.6) is 5.75 Å². The number of aromatic hydroxyl groups is 1. The number of phenols is 1. The van der Waals surface area contributed by atoms with Gasteiger partial charge in [-0.3, -0.25) is 9.55 Å². The summed E-state index contributed by atoms with van der Waals surface area (Å²) in [5, 5.41) is 17.3. The van der Waals surface area contributed by atoms with E-state index in [0.717, 1.165) is 67.0 Å². The second-order valence-corrected chi connectivity index (χ2v) is 23.3. The van der Waals surface area contributed by atoms with Crippen molar-refractivity contribution in [3.05, 3.63) is 223 Å². The molecule has 0 radical (unpaired) electrons. The van der Waals surface area contributed by atoms with Gasteiger partial charge in [0.2, 0.25) is 0 Å². The summed E-state index contributed by atoms with van der Waals surface area (Å²) >= 11 is 0. The molecule has 5 nitrogen and oxygen atoms in total. The molecule has 75 heavy (non-hydrogen) atoms. The van der Waals surface area contributed by atoms with Gasteiger partial charge in [-0.2, -0.15) is 0 Å². The first-order valence-corrected chi connectivity index (χ1v) is 26.2. The Morgan fingerprint density at radius 2 is 1.08 bits per heavy atom. The van der Waals surface area contributed by atoms with Crippen molar-refractivity contribution in [2.24, 2.45) is 0 Å². The normalized spacial score (nSPS) is 12.4. The summed E-state index contributed by atoms with van der Waals surface area (Å²) in [7, 11) is 0. The first-order valence-electron chi connectivity index (χ1n) is 26.2. The molecule has 0 aliphatic rings. The van der Waals surface area contributed by atoms with E-state index in [2.05, 4.69) is 260 Å². The van der Waals surface area contributed by atoms with Crippen LogP contribution in [0.3, 0.4) is 0 Å². The van der Waals surface area contributed by atoms with E-state index < -0.39 is 0 Å². The second kappa shape index (κ2) is 17.8. The van der Waals surface area contributed by atoms with Gasteiger partial charge in [0, 0.05) is 45.0 Å². The van der Waals surface area contributed by atoms with Crippen molar-refractivity contribution in [1.29, 1.82) is 0 Å². The Labute approximate surface area is 440 Å².